The average Bonchev–Trinajstić information content (AvgIpc) is 3.39. The molecular formula is C20H16N2OS2. The molecule has 1 aliphatic heterocycles. The van der Waals surface area contributed by atoms with Gasteiger partial charge < -0.3 is 9.88 Å². The lowest BCUT2D eigenvalue weighted by atomic mass is 9.97. The van der Waals surface area contributed by atoms with Crippen LogP contribution in [-0.2, 0) is 6.42 Å². The lowest BCUT2D eigenvalue weighted by Gasteiger charge is -2.35. The molecule has 3 nitrogen and oxygen atoms in total. The molecular weight excluding hydrogens is 348 g/mol. The topological polar surface area (TPSA) is 36.1 Å². The molecule has 0 saturated heterocycles. The normalized spacial score (nSPS) is 17.0. The number of para-hydroxylation sites is 1. The Morgan fingerprint density at radius 1 is 1.08 bits per heavy atom. The average molecular weight is 364 g/mol. The van der Waals surface area contributed by atoms with Crippen LogP contribution >= 0.6 is 22.7 Å². The van der Waals surface area contributed by atoms with Crippen LogP contribution in [0.4, 0.5) is 0 Å². The van der Waals surface area contributed by atoms with Gasteiger partial charge in [0.2, 0.25) is 0 Å². The van der Waals surface area contributed by atoms with Crippen LogP contribution in [0.3, 0.4) is 0 Å². The lowest BCUT2D eigenvalue weighted by molar-refractivity contribution is 0.0701. The smallest absolute Gasteiger partial charge is 0.256 e. The molecule has 5 heteroatoms. The fourth-order valence-electron chi connectivity index (χ4n) is 3.69. The molecule has 0 aliphatic carbocycles. The Morgan fingerprint density at radius 3 is 2.88 bits per heavy atom. The molecule has 0 saturated carbocycles. The summed E-state index contributed by atoms with van der Waals surface area (Å²) in [5, 5.41) is 5.23. The summed E-state index contributed by atoms with van der Waals surface area (Å²) in [6.45, 7) is 0.758. The van der Waals surface area contributed by atoms with E-state index in [0.29, 0.717) is 0 Å². The molecule has 0 bridgehead atoms. The first-order valence-electron chi connectivity index (χ1n) is 8.29. The third-order valence-corrected chi connectivity index (χ3v) is 6.78. The third-order valence-electron chi connectivity index (χ3n) is 4.86. The Bertz CT molecular complexity index is 1040. The van der Waals surface area contributed by atoms with Crippen LogP contribution in [-0.4, -0.2) is 22.3 Å². The molecule has 0 spiro atoms. The number of carbonyl (C=O) groups excluding carboxylic acids is 1. The number of aromatic amines is 1. The molecule has 1 atom stereocenters. The number of nitrogens with zero attached hydrogens (tertiary/aromatic N) is 1. The number of hydrogen-bond donors (Lipinski definition) is 1. The highest BCUT2D eigenvalue weighted by Crippen LogP contribution is 2.40. The number of carbonyl (C=O) groups is 1. The van der Waals surface area contributed by atoms with Crippen molar-refractivity contribution < 1.29 is 4.79 Å². The van der Waals surface area contributed by atoms with Gasteiger partial charge in [0.15, 0.2) is 0 Å². The predicted octanol–water partition coefficient (Wildman–Crippen LogP) is 5.08. The van der Waals surface area contributed by atoms with Crippen molar-refractivity contribution in [2.45, 2.75) is 12.5 Å². The van der Waals surface area contributed by atoms with Gasteiger partial charge in [0.05, 0.1) is 11.6 Å². The molecule has 4 aromatic rings. The molecule has 3 aromatic heterocycles. The Hall–Kier alpha value is -2.37. The van der Waals surface area contributed by atoms with Crippen molar-refractivity contribution in [3.8, 4) is 0 Å². The van der Waals surface area contributed by atoms with Crippen molar-refractivity contribution in [3.05, 3.63) is 80.3 Å². The Kier molecular flexibility index (Phi) is 3.50. The second-order valence-electron chi connectivity index (χ2n) is 6.21. The van der Waals surface area contributed by atoms with E-state index in [4.69, 9.17) is 0 Å². The number of rotatable bonds is 2. The Labute approximate surface area is 153 Å². The van der Waals surface area contributed by atoms with Gasteiger partial charge in [-0.15, -0.1) is 22.7 Å². The monoisotopic (exact) mass is 364 g/mol. The van der Waals surface area contributed by atoms with Crippen molar-refractivity contribution in [3.63, 3.8) is 0 Å². The maximum absolute atomic E-state index is 13.4. The first-order chi connectivity index (χ1) is 12.3. The predicted molar refractivity (Wildman–Crippen MR) is 104 cm³/mol. The van der Waals surface area contributed by atoms with Gasteiger partial charge in [0.25, 0.3) is 5.91 Å². The summed E-state index contributed by atoms with van der Waals surface area (Å²) < 4.78 is 0. The Balaban J connectivity index is 1.61. The fourth-order valence-corrected chi connectivity index (χ4v) is 5.45. The van der Waals surface area contributed by atoms with Crippen LogP contribution in [0.25, 0.3) is 10.9 Å². The first kappa shape index (κ1) is 14.9. The molecule has 0 radical (unpaired) electrons. The zero-order valence-electron chi connectivity index (χ0n) is 13.4. The summed E-state index contributed by atoms with van der Waals surface area (Å²) in [6.07, 6.45) is 2.78. The number of benzene rings is 1. The second-order valence-corrected chi connectivity index (χ2v) is 8.19. The van der Waals surface area contributed by atoms with Crippen molar-refractivity contribution >= 4 is 39.5 Å². The molecule has 1 amide bonds. The van der Waals surface area contributed by atoms with Gasteiger partial charge in [0, 0.05) is 33.4 Å². The van der Waals surface area contributed by atoms with E-state index in [1.807, 2.05) is 35.4 Å². The number of nitrogens with one attached hydrogen (secondary N) is 1. The zero-order chi connectivity index (χ0) is 16.8. The maximum Gasteiger partial charge on any atom is 0.256 e. The first-order valence-corrected chi connectivity index (χ1v) is 10.1. The highest BCUT2D eigenvalue weighted by Gasteiger charge is 2.34. The molecule has 1 unspecified atom stereocenters. The van der Waals surface area contributed by atoms with E-state index in [1.54, 1.807) is 22.7 Å². The van der Waals surface area contributed by atoms with E-state index in [0.717, 1.165) is 29.4 Å². The highest BCUT2D eigenvalue weighted by molar-refractivity contribution is 7.10. The molecule has 0 fully saturated rings. The van der Waals surface area contributed by atoms with Crippen molar-refractivity contribution in [2.75, 3.05) is 6.54 Å². The largest absolute Gasteiger partial charge is 0.360 e. The molecule has 1 N–H and O–H groups in total. The molecule has 124 valence electrons. The summed E-state index contributed by atoms with van der Waals surface area (Å²) in [5.74, 6) is 0.104. The van der Waals surface area contributed by atoms with E-state index in [-0.39, 0.29) is 11.9 Å². The van der Waals surface area contributed by atoms with Gasteiger partial charge in [-0.1, -0.05) is 24.3 Å². The van der Waals surface area contributed by atoms with Crippen LogP contribution in [0.1, 0.15) is 31.7 Å². The summed E-state index contributed by atoms with van der Waals surface area (Å²) in [7, 11) is 0. The van der Waals surface area contributed by atoms with Gasteiger partial charge in [-0.05, 0) is 40.9 Å². The SMILES string of the molecule is O=C(c1c[nH]c2ccccc12)N1CCc2sccc2C1c1cccs1. The maximum atomic E-state index is 13.4. The highest BCUT2D eigenvalue weighted by atomic mass is 32.1. The summed E-state index contributed by atoms with van der Waals surface area (Å²) in [6, 6.07) is 14.4. The summed E-state index contributed by atoms with van der Waals surface area (Å²) >= 11 is 3.52. The lowest BCUT2D eigenvalue weighted by Crippen LogP contribution is -2.39. The van der Waals surface area contributed by atoms with Gasteiger partial charge >= 0.3 is 0 Å². The molecule has 1 aromatic carbocycles. The summed E-state index contributed by atoms with van der Waals surface area (Å²) in [5.41, 5.74) is 3.05. The van der Waals surface area contributed by atoms with E-state index in [2.05, 4.69) is 33.9 Å². The van der Waals surface area contributed by atoms with Crippen LogP contribution in [0.5, 0.6) is 0 Å². The minimum Gasteiger partial charge on any atom is -0.360 e. The number of H-pyrrole nitrogens is 1. The van der Waals surface area contributed by atoms with Crippen molar-refractivity contribution in [2.24, 2.45) is 0 Å². The number of hydrogen-bond acceptors (Lipinski definition) is 3. The third kappa shape index (κ3) is 2.34. The minimum absolute atomic E-state index is 0.0242. The number of aromatic nitrogens is 1. The molecule has 25 heavy (non-hydrogen) atoms. The van der Waals surface area contributed by atoms with Crippen LogP contribution in [0, 0.1) is 0 Å². The molecule has 4 heterocycles. The Morgan fingerprint density at radius 2 is 2.00 bits per heavy atom. The fraction of sp³-hybridized carbons (Fsp3) is 0.150. The van der Waals surface area contributed by atoms with Crippen molar-refractivity contribution in [1.82, 2.24) is 9.88 Å². The molecule has 5 rings (SSSR count). The van der Waals surface area contributed by atoms with Crippen LogP contribution in [0.15, 0.2) is 59.4 Å². The zero-order valence-corrected chi connectivity index (χ0v) is 15.1. The van der Waals surface area contributed by atoms with E-state index in [9.17, 15) is 4.79 Å². The van der Waals surface area contributed by atoms with Crippen LogP contribution < -0.4 is 0 Å². The van der Waals surface area contributed by atoms with Crippen LogP contribution in [0.2, 0.25) is 0 Å². The van der Waals surface area contributed by atoms with Gasteiger partial charge in [0.1, 0.15) is 0 Å². The quantitative estimate of drug-likeness (QED) is 0.529. The van der Waals surface area contributed by atoms with Gasteiger partial charge in [-0.3, -0.25) is 4.79 Å². The van der Waals surface area contributed by atoms with Gasteiger partial charge in [-0.25, -0.2) is 0 Å². The number of amides is 1. The minimum atomic E-state index is 0.0242. The second kappa shape index (κ2) is 5.86. The summed E-state index contributed by atoms with van der Waals surface area (Å²) in [4.78, 5) is 21.3. The van der Waals surface area contributed by atoms with E-state index >= 15 is 0 Å². The van der Waals surface area contributed by atoms with E-state index < -0.39 is 0 Å². The van der Waals surface area contributed by atoms with Crippen molar-refractivity contribution in [1.29, 1.82) is 0 Å². The van der Waals surface area contributed by atoms with Gasteiger partial charge in [-0.2, -0.15) is 0 Å². The number of fused-ring (bicyclic) bond motifs is 2. The standard InChI is InChI=1S/C20H16N2OS2/c23-20(15-12-21-16-5-2-1-4-13(15)16)22-9-7-17-14(8-11-25-17)19(22)18-6-3-10-24-18/h1-6,8,10-12,19,21H,7,9H2. The number of thiophene rings is 2. The van der Waals surface area contributed by atoms with E-state index in [1.165, 1.54) is 15.3 Å². The molecule has 1 aliphatic rings.